The maximum Gasteiger partial charge on any atom is 0 e. The zero-order valence-corrected chi connectivity index (χ0v) is 15.4. The molecule has 0 saturated heterocycles. The molecule has 0 unspecified atom stereocenters. The van der Waals surface area contributed by atoms with Gasteiger partial charge in [0, 0.05) is 25.8 Å². The van der Waals surface area contributed by atoms with Gasteiger partial charge in [-0.15, -0.1) is 60.8 Å². The van der Waals surface area contributed by atoms with Gasteiger partial charge in [0.25, 0.3) is 0 Å². The third kappa shape index (κ3) is 13.3. The average Bonchev–Trinajstić information content (AvgIpc) is 2.67. The Balaban J connectivity index is -0.000000125. The molecule has 0 aromatic heterocycles. The quantitative estimate of drug-likeness (QED) is 0.239. The van der Waals surface area contributed by atoms with Crippen molar-refractivity contribution in [2.75, 3.05) is 0 Å². The Kier molecular flexibility index (Phi) is 24.0. The fourth-order valence-corrected chi connectivity index (χ4v) is 0.680. The van der Waals surface area contributed by atoms with Crippen molar-refractivity contribution in [3.8, 4) is 0 Å². The summed E-state index contributed by atoms with van der Waals surface area (Å²) in [5, 5.41) is 0. The molecule has 0 fully saturated rings. The maximum absolute atomic E-state index is 2.99. The van der Waals surface area contributed by atoms with Gasteiger partial charge in [-0.05, 0) is 0 Å². The zero-order chi connectivity index (χ0) is 7.07. The van der Waals surface area contributed by atoms with E-state index in [4.69, 9.17) is 0 Å². The van der Waals surface area contributed by atoms with Crippen molar-refractivity contribution < 1.29 is 25.8 Å². The molecule has 2 aliphatic rings. The molecule has 13 heavy (non-hydrogen) atoms. The van der Waals surface area contributed by atoms with Gasteiger partial charge in [-0.2, -0.15) is 12.2 Å². The fraction of sp³-hybridized carbons (Fsp3) is 0.200. The van der Waals surface area contributed by atoms with E-state index in [0.717, 1.165) is 12.8 Å². The van der Waals surface area contributed by atoms with Gasteiger partial charge >= 0.3 is 0 Å². The van der Waals surface area contributed by atoms with E-state index in [2.05, 4.69) is 24.3 Å². The molecule has 0 amide bonds. The van der Waals surface area contributed by atoms with Crippen molar-refractivity contribution in [3.05, 3.63) is 48.6 Å². The second kappa shape index (κ2) is 15.7. The molecule has 0 nitrogen and oxygen atoms in total. The number of halogens is 2. The van der Waals surface area contributed by atoms with Crippen LogP contribution in [0.1, 0.15) is 12.8 Å². The SMILES string of the molecule is I.I.[C-]1=CC=CC1.[C-]1=CC=CC1.[Hf]. The Morgan fingerprint density at radius 2 is 1.15 bits per heavy atom. The van der Waals surface area contributed by atoms with E-state index >= 15 is 0 Å². The normalized spacial score (nSPS) is 13.5. The summed E-state index contributed by atoms with van der Waals surface area (Å²) in [6.45, 7) is 0. The van der Waals surface area contributed by atoms with Gasteiger partial charge in [0.1, 0.15) is 0 Å². The molecule has 2 aliphatic carbocycles. The summed E-state index contributed by atoms with van der Waals surface area (Å²) in [6.07, 6.45) is 20.0. The van der Waals surface area contributed by atoms with E-state index in [-0.39, 0.29) is 73.8 Å². The Morgan fingerprint density at radius 3 is 1.23 bits per heavy atom. The molecule has 0 bridgehead atoms. The van der Waals surface area contributed by atoms with Crippen molar-refractivity contribution in [2.24, 2.45) is 0 Å². The summed E-state index contributed by atoms with van der Waals surface area (Å²) < 4.78 is 0. The van der Waals surface area contributed by atoms with E-state index in [1.165, 1.54) is 0 Å². The minimum atomic E-state index is 0. The molecule has 0 saturated carbocycles. The number of allylic oxidation sites excluding steroid dienone is 8. The molecule has 0 heterocycles. The van der Waals surface area contributed by atoms with E-state index in [0.29, 0.717) is 0 Å². The Hall–Kier alpha value is 1.29. The molecular weight excluding hydrogens is 552 g/mol. The van der Waals surface area contributed by atoms with E-state index in [1.807, 2.05) is 24.3 Å². The molecule has 0 N–H and O–H groups in total. The summed E-state index contributed by atoms with van der Waals surface area (Å²) in [5.41, 5.74) is 0. The molecule has 0 aromatic rings. The summed E-state index contributed by atoms with van der Waals surface area (Å²) in [5.74, 6) is 0. The van der Waals surface area contributed by atoms with Crippen LogP contribution in [0.5, 0.6) is 0 Å². The van der Waals surface area contributed by atoms with Crippen LogP contribution in [0.25, 0.3) is 0 Å². The summed E-state index contributed by atoms with van der Waals surface area (Å²) in [6, 6.07) is 0. The minimum Gasteiger partial charge on any atom is -0.273 e. The Labute approximate surface area is 133 Å². The largest absolute Gasteiger partial charge is 0.273 e. The molecule has 0 atom stereocenters. The first-order valence-electron chi connectivity index (χ1n) is 3.43. The number of hydrogen-bond acceptors (Lipinski definition) is 0. The first-order valence-corrected chi connectivity index (χ1v) is 3.43. The first kappa shape index (κ1) is 19.8. The third-order valence-electron chi connectivity index (χ3n) is 1.17. The van der Waals surface area contributed by atoms with Crippen LogP contribution in [-0.2, 0) is 25.8 Å². The van der Waals surface area contributed by atoms with Crippen LogP contribution in [0.4, 0.5) is 0 Å². The first-order chi connectivity index (χ1) is 5.00. The third-order valence-corrected chi connectivity index (χ3v) is 1.17. The summed E-state index contributed by atoms with van der Waals surface area (Å²) in [7, 11) is 0. The predicted octanol–water partition coefficient (Wildman–Crippen LogP) is 3.84. The zero-order valence-electron chi connectivity index (χ0n) is 7.19. The van der Waals surface area contributed by atoms with Gasteiger partial charge in [-0.25, -0.2) is 24.3 Å². The monoisotopic (exact) mass is 566 g/mol. The van der Waals surface area contributed by atoms with E-state index in [1.54, 1.807) is 0 Å². The topological polar surface area (TPSA) is 0 Å². The standard InChI is InChI=1S/2C5H5.Hf.2HI/c2*1-2-4-5-3-1;;;/h2*1-3H,4H2;;2*1H/q2*-1;;;. The van der Waals surface area contributed by atoms with Crippen LogP contribution in [0.3, 0.4) is 0 Å². The van der Waals surface area contributed by atoms with Gasteiger partial charge < -0.3 is 0 Å². The van der Waals surface area contributed by atoms with Gasteiger partial charge in [-0.1, -0.05) is 0 Å². The predicted molar refractivity (Wildman–Crippen MR) is 74.0 cm³/mol. The van der Waals surface area contributed by atoms with Crippen LogP contribution >= 0.6 is 48.0 Å². The van der Waals surface area contributed by atoms with Crippen LogP contribution in [0, 0.1) is 12.2 Å². The molecular formula is C10H12HfI2-2. The molecule has 0 aromatic carbocycles. The maximum atomic E-state index is 2.99. The smallest absolute Gasteiger partial charge is 0 e. The van der Waals surface area contributed by atoms with Crippen molar-refractivity contribution >= 4 is 48.0 Å². The minimum absolute atomic E-state index is 0. The van der Waals surface area contributed by atoms with Gasteiger partial charge in [0.2, 0.25) is 0 Å². The molecule has 3 heteroatoms. The van der Waals surface area contributed by atoms with Crippen LogP contribution in [0.2, 0.25) is 0 Å². The van der Waals surface area contributed by atoms with Gasteiger partial charge in [0.05, 0.1) is 0 Å². The molecule has 0 aliphatic heterocycles. The summed E-state index contributed by atoms with van der Waals surface area (Å²) in [4.78, 5) is 0. The second-order valence-corrected chi connectivity index (χ2v) is 2.01. The second-order valence-electron chi connectivity index (χ2n) is 2.01. The van der Waals surface area contributed by atoms with Gasteiger partial charge in [0.15, 0.2) is 0 Å². The van der Waals surface area contributed by atoms with Crippen molar-refractivity contribution in [2.45, 2.75) is 12.8 Å². The number of hydrogen-bond donors (Lipinski definition) is 0. The Bertz CT molecular complexity index is 151. The van der Waals surface area contributed by atoms with Crippen molar-refractivity contribution in [3.63, 3.8) is 0 Å². The molecule has 0 radical (unpaired) electrons. The molecule has 0 spiro atoms. The van der Waals surface area contributed by atoms with Crippen LogP contribution < -0.4 is 0 Å². The van der Waals surface area contributed by atoms with Crippen LogP contribution in [0.15, 0.2) is 36.5 Å². The Morgan fingerprint density at radius 1 is 0.769 bits per heavy atom. The average molecular weight is 565 g/mol. The number of rotatable bonds is 0. The van der Waals surface area contributed by atoms with Crippen LogP contribution in [-0.4, -0.2) is 0 Å². The summed E-state index contributed by atoms with van der Waals surface area (Å²) >= 11 is 0. The fourth-order valence-electron chi connectivity index (χ4n) is 0.680. The van der Waals surface area contributed by atoms with Crippen molar-refractivity contribution in [1.29, 1.82) is 0 Å². The van der Waals surface area contributed by atoms with Gasteiger partial charge in [-0.3, -0.25) is 12.2 Å². The molecule has 72 valence electrons. The van der Waals surface area contributed by atoms with E-state index < -0.39 is 0 Å². The molecule has 2 rings (SSSR count). The van der Waals surface area contributed by atoms with E-state index in [9.17, 15) is 0 Å². The van der Waals surface area contributed by atoms with Crippen molar-refractivity contribution in [1.82, 2.24) is 0 Å².